The maximum Gasteiger partial charge on any atom is 0.231 e. The zero-order valence-electron chi connectivity index (χ0n) is 11.3. The first kappa shape index (κ1) is 19.2. The summed E-state index contributed by atoms with van der Waals surface area (Å²) >= 11 is 2.34. The Labute approximate surface area is 140 Å². The van der Waals surface area contributed by atoms with E-state index < -0.39 is 75.1 Å². The van der Waals surface area contributed by atoms with Crippen LogP contribution in [0.4, 0.5) is 39.5 Å². The zero-order valence-corrected chi connectivity index (χ0v) is 12.9. The van der Waals surface area contributed by atoms with E-state index in [0.717, 1.165) is 0 Å². The first-order valence-electron chi connectivity index (χ1n) is 5.88. The summed E-state index contributed by atoms with van der Waals surface area (Å²) in [7, 11) is 0. The summed E-state index contributed by atoms with van der Waals surface area (Å²) in [6.45, 7) is -1.43. The Kier molecular flexibility index (Phi) is 5.40. The Morgan fingerprint density at radius 2 is 0.800 bits per heavy atom. The lowest BCUT2D eigenvalue weighted by molar-refractivity contribution is 0.101. The molecule has 0 fully saturated rings. The van der Waals surface area contributed by atoms with E-state index >= 15 is 0 Å². The van der Waals surface area contributed by atoms with Crippen molar-refractivity contribution in [2.75, 3.05) is 6.79 Å². The lowest BCUT2D eigenvalue weighted by atomic mass is 10.2. The number of ether oxygens (including phenoxy) is 2. The molecule has 25 heavy (non-hydrogen) atoms. The molecule has 2 aromatic rings. The molecule has 0 unspecified atom stereocenters. The van der Waals surface area contributed by atoms with Crippen molar-refractivity contribution < 1.29 is 49.0 Å². The highest BCUT2D eigenvalue weighted by molar-refractivity contribution is 9.10. The van der Waals surface area contributed by atoms with Crippen molar-refractivity contribution in [1.29, 1.82) is 0 Å². The fraction of sp³-hybridized carbons (Fsp3) is 0.0769. The van der Waals surface area contributed by atoms with Gasteiger partial charge in [0.2, 0.25) is 53.3 Å². The largest absolute Gasteiger partial charge is 0.453 e. The van der Waals surface area contributed by atoms with Gasteiger partial charge in [-0.15, -0.1) is 0 Å². The zero-order chi connectivity index (χ0) is 19.0. The second-order valence-corrected chi connectivity index (χ2v) is 5.00. The van der Waals surface area contributed by atoms with Gasteiger partial charge in [-0.2, -0.15) is 13.2 Å². The molecule has 0 saturated carbocycles. The summed E-state index contributed by atoms with van der Waals surface area (Å²) < 4.78 is 126. The van der Waals surface area contributed by atoms with E-state index in [1.165, 1.54) is 0 Å². The molecule has 0 saturated heterocycles. The molecule has 0 aromatic heterocycles. The van der Waals surface area contributed by atoms with Crippen LogP contribution in [-0.4, -0.2) is 6.79 Å². The molecular formula is C13H2BrF9O2. The van der Waals surface area contributed by atoms with E-state index in [2.05, 4.69) is 25.4 Å². The topological polar surface area (TPSA) is 18.5 Å². The molecule has 0 atom stereocenters. The minimum atomic E-state index is -2.44. The van der Waals surface area contributed by atoms with Gasteiger partial charge in [-0.3, -0.25) is 0 Å². The molecule has 2 aromatic carbocycles. The lowest BCUT2D eigenvalue weighted by Crippen LogP contribution is -2.13. The predicted molar refractivity (Wildman–Crippen MR) is 66.3 cm³/mol. The number of benzene rings is 2. The Balaban J connectivity index is 2.29. The maximum atomic E-state index is 13.5. The van der Waals surface area contributed by atoms with E-state index in [1.54, 1.807) is 0 Å². The highest BCUT2D eigenvalue weighted by atomic mass is 79.9. The average molecular weight is 441 g/mol. The molecule has 2 rings (SSSR count). The highest BCUT2D eigenvalue weighted by Crippen LogP contribution is 2.35. The molecule has 0 amide bonds. The maximum absolute atomic E-state index is 13.5. The lowest BCUT2D eigenvalue weighted by Gasteiger charge is -2.13. The van der Waals surface area contributed by atoms with Crippen LogP contribution in [0.25, 0.3) is 0 Å². The van der Waals surface area contributed by atoms with Gasteiger partial charge in [0.1, 0.15) is 4.47 Å². The van der Waals surface area contributed by atoms with Crippen LogP contribution >= 0.6 is 15.9 Å². The minimum Gasteiger partial charge on any atom is -0.453 e. The fourth-order valence-electron chi connectivity index (χ4n) is 1.57. The first-order chi connectivity index (χ1) is 11.6. The SMILES string of the molecule is Fc1c(F)c(F)c(OCOc2c(F)c(F)c(F)c(F)c2Br)c(F)c1F. The Morgan fingerprint density at radius 3 is 1.28 bits per heavy atom. The molecule has 0 N–H and O–H groups in total. The summed E-state index contributed by atoms with van der Waals surface area (Å²) in [5.74, 6) is -23.2. The van der Waals surface area contributed by atoms with Gasteiger partial charge in [-0.1, -0.05) is 0 Å². The van der Waals surface area contributed by atoms with Gasteiger partial charge in [0.15, 0.2) is 17.4 Å². The van der Waals surface area contributed by atoms with Crippen molar-refractivity contribution in [1.82, 2.24) is 0 Å². The van der Waals surface area contributed by atoms with Crippen LogP contribution in [0.5, 0.6) is 11.5 Å². The summed E-state index contributed by atoms with van der Waals surface area (Å²) in [4.78, 5) is 0. The molecule has 12 heteroatoms. The van der Waals surface area contributed by atoms with E-state index in [-0.39, 0.29) is 0 Å². The molecule has 0 bridgehead atoms. The van der Waals surface area contributed by atoms with Gasteiger partial charge in [-0.05, 0) is 15.9 Å². The van der Waals surface area contributed by atoms with Crippen molar-refractivity contribution in [3.8, 4) is 11.5 Å². The van der Waals surface area contributed by atoms with Crippen LogP contribution in [-0.2, 0) is 0 Å². The van der Waals surface area contributed by atoms with E-state index in [4.69, 9.17) is 0 Å². The van der Waals surface area contributed by atoms with Crippen molar-refractivity contribution >= 4 is 15.9 Å². The second-order valence-electron chi connectivity index (χ2n) is 4.20. The molecular weight excluding hydrogens is 439 g/mol. The van der Waals surface area contributed by atoms with Gasteiger partial charge >= 0.3 is 0 Å². The first-order valence-corrected chi connectivity index (χ1v) is 6.67. The normalized spacial score (nSPS) is 11.0. The van der Waals surface area contributed by atoms with E-state index in [0.29, 0.717) is 0 Å². The number of rotatable bonds is 4. The summed E-state index contributed by atoms with van der Waals surface area (Å²) in [5.41, 5.74) is 0. The van der Waals surface area contributed by atoms with Crippen molar-refractivity contribution in [3.63, 3.8) is 0 Å². The monoisotopic (exact) mass is 440 g/mol. The van der Waals surface area contributed by atoms with E-state index in [1.807, 2.05) is 0 Å². The molecule has 136 valence electrons. The van der Waals surface area contributed by atoms with Gasteiger partial charge in [-0.25, -0.2) is 26.3 Å². The molecule has 0 aliphatic carbocycles. The molecule has 0 radical (unpaired) electrons. The van der Waals surface area contributed by atoms with Crippen molar-refractivity contribution in [3.05, 3.63) is 56.8 Å². The third-order valence-corrected chi connectivity index (χ3v) is 3.45. The molecule has 2 nitrogen and oxygen atoms in total. The van der Waals surface area contributed by atoms with Crippen molar-refractivity contribution in [2.24, 2.45) is 0 Å². The van der Waals surface area contributed by atoms with Gasteiger partial charge < -0.3 is 9.47 Å². The second kappa shape index (κ2) is 7.02. The van der Waals surface area contributed by atoms with Gasteiger partial charge in [0, 0.05) is 0 Å². The third-order valence-electron chi connectivity index (χ3n) is 2.75. The van der Waals surface area contributed by atoms with Crippen LogP contribution in [0, 0.1) is 52.4 Å². The van der Waals surface area contributed by atoms with Crippen LogP contribution in [0.1, 0.15) is 0 Å². The molecule has 0 aliphatic rings. The van der Waals surface area contributed by atoms with Gasteiger partial charge in [0.25, 0.3) is 0 Å². The fourth-order valence-corrected chi connectivity index (χ4v) is 2.03. The van der Waals surface area contributed by atoms with Crippen LogP contribution in [0.2, 0.25) is 0 Å². The smallest absolute Gasteiger partial charge is 0.231 e. The predicted octanol–water partition coefficient (Wildman–Crippen LogP) is 5.12. The Hall–Kier alpha value is -2.11. The van der Waals surface area contributed by atoms with Gasteiger partial charge in [0.05, 0.1) is 0 Å². The summed E-state index contributed by atoms with van der Waals surface area (Å²) in [6, 6.07) is 0. The molecule has 0 spiro atoms. The van der Waals surface area contributed by atoms with Crippen LogP contribution in [0.15, 0.2) is 4.47 Å². The molecule has 0 heterocycles. The van der Waals surface area contributed by atoms with Crippen LogP contribution in [0.3, 0.4) is 0 Å². The number of hydrogen-bond acceptors (Lipinski definition) is 2. The Bertz CT molecular complexity index is 729. The third kappa shape index (κ3) is 3.22. The standard InChI is InChI=1S/C13H2BrF9O2/c14-2-3(15)4(16)6(18)9(21)12(2)24-1-25-13-10(22)7(19)5(17)8(20)11(13)23/h1H2. The quantitative estimate of drug-likeness (QED) is 0.284. The summed E-state index contributed by atoms with van der Waals surface area (Å²) in [6.07, 6.45) is 0. The van der Waals surface area contributed by atoms with Crippen molar-refractivity contribution in [2.45, 2.75) is 0 Å². The van der Waals surface area contributed by atoms with E-state index in [9.17, 15) is 39.5 Å². The highest BCUT2D eigenvalue weighted by Gasteiger charge is 2.28. The molecule has 0 aliphatic heterocycles. The van der Waals surface area contributed by atoms with Crippen LogP contribution < -0.4 is 9.47 Å². The summed E-state index contributed by atoms with van der Waals surface area (Å²) in [5, 5.41) is 0. The minimum absolute atomic E-state index is 1.04. The average Bonchev–Trinajstić information content (AvgIpc) is 2.60. The number of hydrogen-bond donors (Lipinski definition) is 0. The Morgan fingerprint density at radius 1 is 0.480 bits per heavy atom. The number of halogens is 10.